The Morgan fingerprint density at radius 2 is 1.94 bits per heavy atom. The zero-order valence-corrected chi connectivity index (χ0v) is 19.6. The summed E-state index contributed by atoms with van der Waals surface area (Å²) in [4.78, 5) is 30.0. The topological polar surface area (TPSA) is 114 Å². The molecule has 34 heavy (non-hydrogen) atoms. The molecular formula is C25H28N6O3. The van der Waals surface area contributed by atoms with Crippen LogP contribution in [-0.2, 0) is 23.0 Å². The lowest BCUT2D eigenvalue weighted by Gasteiger charge is -2.23. The van der Waals surface area contributed by atoms with Gasteiger partial charge < -0.3 is 19.9 Å². The number of para-hydroxylation sites is 1. The van der Waals surface area contributed by atoms with Crippen molar-refractivity contribution in [3.8, 4) is 11.4 Å². The number of benzene rings is 2. The van der Waals surface area contributed by atoms with Gasteiger partial charge in [-0.15, -0.1) is 0 Å². The molecule has 0 fully saturated rings. The van der Waals surface area contributed by atoms with Crippen LogP contribution >= 0.6 is 0 Å². The van der Waals surface area contributed by atoms with E-state index in [1.54, 1.807) is 32.9 Å². The second-order valence-corrected chi connectivity index (χ2v) is 9.09. The number of hydrogen-bond acceptors (Lipinski definition) is 5. The molecule has 4 aromatic rings. The van der Waals surface area contributed by atoms with Gasteiger partial charge in [0.05, 0.1) is 0 Å². The number of rotatable bonds is 6. The van der Waals surface area contributed by atoms with E-state index >= 15 is 0 Å². The smallest absolute Gasteiger partial charge is 0.408 e. The number of aryl methyl sites for hydroxylation is 1. The van der Waals surface area contributed by atoms with Crippen LogP contribution in [-0.4, -0.2) is 43.4 Å². The number of alkyl carbamates (subject to hydrolysis) is 1. The molecule has 0 saturated heterocycles. The first-order chi connectivity index (χ1) is 16.2. The van der Waals surface area contributed by atoms with Crippen LogP contribution in [0.15, 0.2) is 61.1 Å². The first-order valence-electron chi connectivity index (χ1n) is 11.0. The highest BCUT2D eigenvalue weighted by Gasteiger charge is 2.26. The summed E-state index contributed by atoms with van der Waals surface area (Å²) in [6.45, 7) is 5.34. The van der Waals surface area contributed by atoms with Crippen molar-refractivity contribution in [1.29, 1.82) is 0 Å². The van der Waals surface area contributed by atoms with Crippen molar-refractivity contribution >= 4 is 28.6 Å². The third-order valence-corrected chi connectivity index (χ3v) is 5.23. The summed E-state index contributed by atoms with van der Waals surface area (Å²) in [5, 5.41) is 13.4. The fourth-order valence-corrected chi connectivity index (χ4v) is 3.79. The Balaban J connectivity index is 1.59. The normalized spacial score (nSPS) is 12.4. The number of H-pyrrole nitrogens is 1. The van der Waals surface area contributed by atoms with Gasteiger partial charge in [-0.2, -0.15) is 5.10 Å². The largest absolute Gasteiger partial charge is 0.444 e. The molecule has 0 spiro atoms. The highest BCUT2D eigenvalue weighted by Crippen LogP contribution is 2.23. The summed E-state index contributed by atoms with van der Waals surface area (Å²) in [6, 6.07) is 14.3. The number of anilines is 1. The van der Waals surface area contributed by atoms with Gasteiger partial charge in [-0.1, -0.05) is 30.3 Å². The number of nitrogens with one attached hydrogen (secondary N) is 3. The lowest BCUT2D eigenvalue weighted by Crippen LogP contribution is -2.47. The minimum atomic E-state index is -0.852. The minimum Gasteiger partial charge on any atom is -0.444 e. The van der Waals surface area contributed by atoms with E-state index in [0.29, 0.717) is 17.9 Å². The highest BCUT2D eigenvalue weighted by atomic mass is 16.6. The number of aromatic nitrogens is 4. The van der Waals surface area contributed by atoms with Crippen LogP contribution in [0.4, 0.5) is 10.5 Å². The van der Waals surface area contributed by atoms with Crippen molar-refractivity contribution in [2.45, 2.75) is 38.8 Å². The fourth-order valence-electron chi connectivity index (χ4n) is 3.79. The van der Waals surface area contributed by atoms with E-state index < -0.39 is 17.7 Å². The summed E-state index contributed by atoms with van der Waals surface area (Å²) in [7, 11) is 1.96. The van der Waals surface area contributed by atoms with Crippen molar-refractivity contribution < 1.29 is 14.3 Å². The molecule has 176 valence electrons. The molecular weight excluding hydrogens is 432 g/mol. The maximum atomic E-state index is 13.3. The standard InChI is InChI=1S/C25H28N6O3/c1-25(2,3)34-24(33)29-20(13-17-14-31(4)21-11-6-5-10-19(17)21)23(32)28-18-9-7-8-16(12-18)22-26-15-27-30-22/h5-12,14-15,20H,13H2,1-4H3,(H,28,32)(H,29,33)(H,26,27,30). The number of amides is 2. The Labute approximate surface area is 197 Å². The number of nitrogens with zero attached hydrogens (tertiary/aromatic N) is 3. The van der Waals surface area contributed by atoms with Gasteiger partial charge in [-0.25, -0.2) is 9.78 Å². The molecule has 0 aliphatic carbocycles. The molecule has 1 unspecified atom stereocenters. The average molecular weight is 461 g/mol. The van der Waals surface area contributed by atoms with Gasteiger partial charge in [-0.3, -0.25) is 9.89 Å². The van der Waals surface area contributed by atoms with E-state index in [1.807, 2.05) is 54.2 Å². The molecule has 0 saturated carbocycles. The molecule has 9 nitrogen and oxygen atoms in total. The van der Waals surface area contributed by atoms with Gasteiger partial charge in [0.1, 0.15) is 18.0 Å². The number of fused-ring (bicyclic) bond motifs is 1. The first-order valence-corrected chi connectivity index (χ1v) is 11.0. The SMILES string of the molecule is Cn1cc(CC(NC(=O)OC(C)(C)C)C(=O)Nc2cccc(-c3ncn[nH]3)c2)c2ccccc21. The van der Waals surface area contributed by atoms with E-state index in [2.05, 4.69) is 25.8 Å². The number of carbonyl (C=O) groups is 2. The summed E-state index contributed by atoms with van der Waals surface area (Å²) in [5.41, 5.74) is 2.67. The molecule has 2 aromatic heterocycles. The van der Waals surface area contributed by atoms with Crippen LogP contribution < -0.4 is 10.6 Å². The molecule has 4 rings (SSSR count). The quantitative estimate of drug-likeness (QED) is 0.402. The predicted octanol–water partition coefficient (Wildman–Crippen LogP) is 4.04. The zero-order valence-electron chi connectivity index (χ0n) is 19.6. The van der Waals surface area contributed by atoms with Crippen molar-refractivity contribution in [2.24, 2.45) is 7.05 Å². The van der Waals surface area contributed by atoms with Crippen LogP contribution in [0.3, 0.4) is 0 Å². The number of hydrogen-bond donors (Lipinski definition) is 3. The van der Waals surface area contributed by atoms with Crippen LogP contribution in [0.25, 0.3) is 22.3 Å². The maximum Gasteiger partial charge on any atom is 0.408 e. The zero-order chi connectivity index (χ0) is 24.3. The molecule has 2 aromatic carbocycles. The predicted molar refractivity (Wildman–Crippen MR) is 130 cm³/mol. The molecule has 0 aliphatic heterocycles. The van der Waals surface area contributed by atoms with E-state index in [9.17, 15) is 9.59 Å². The Kier molecular flexibility index (Phi) is 6.36. The number of carbonyl (C=O) groups excluding carboxylic acids is 2. The third kappa shape index (κ3) is 5.43. The summed E-state index contributed by atoms with van der Waals surface area (Å²) >= 11 is 0. The van der Waals surface area contributed by atoms with Gasteiger partial charge in [0, 0.05) is 41.8 Å². The van der Waals surface area contributed by atoms with Crippen molar-refractivity contribution in [3.05, 3.63) is 66.6 Å². The molecule has 2 heterocycles. The summed E-state index contributed by atoms with van der Waals surface area (Å²) < 4.78 is 7.42. The van der Waals surface area contributed by atoms with Crippen molar-refractivity contribution in [3.63, 3.8) is 0 Å². The van der Waals surface area contributed by atoms with E-state index in [1.165, 1.54) is 6.33 Å². The van der Waals surface area contributed by atoms with Gasteiger partial charge in [0.2, 0.25) is 5.91 Å². The van der Waals surface area contributed by atoms with E-state index in [4.69, 9.17) is 4.74 Å². The minimum absolute atomic E-state index is 0.300. The molecule has 0 radical (unpaired) electrons. The maximum absolute atomic E-state index is 13.3. The molecule has 1 atom stereocenters. The van der Waals surface area contributed by atoms with Crippen LogP contribution in [0.5, 0.6) is 0 Å². The third-order valence-electron chi connectivity index (χ3n) is 5.23. The average Bonchev–Trinajstić information content (AvgIpc) is 3.41. The Hall–Kier alpha value is -4.14. The molecule has 3 N–H and O–H groups in total. The van der Waals surface area contributed by atoms with E-state index in [-0.39, 0.29) is 5.91 Å². The van der Waals surface area contributed by atoms with Gasteiger partial charge in [0.25, 0.3) is 0 Å². The summed E-state index contributed by atoms with van der Waals surface area (Å²) in [5.74, 6) is 0.240. The Bertz CT molecular complexity index is 1300. The Morgan fingerprint density at radius 1 is 1.15 bits per heavy atom. The molecule has 0 bridgehead atoms. The van der Waals surface area contributed by atoms with Crippen molar-refractivity contribution in [1.82, 2.24) is 25.1 Å². The van der Waals surface area contributed by atoms with Crippen LogP contribution in [0.1, 0.15) is 26.3 Å². The van der Waals surface area contributed by atoms with Crippen LogP contribution in [0.2, 0.25) is 0 Å². The van der Waals surface area contributed by atoms with Crippen LogP contribution in [0, 0.1) is 0 Å². The lowest BCUT2D eigenvalue weighted by atomic mass is 10.0. The molecule has 9 heteroatoms. The lowest BCUT2D eigenvalue weighted by molar-refractivity contribution is -0.118. The van der Waals surface area contributed by atoms with Gasteiger partial charge >= 0.3 is 6.09 Å². The fraction of sp³-hybridized carbons (Fsp3) is 0.280. The molecule has 0 aliphatic rings. The highest BCUT2D eigenvalue weighted by molar-refractivity contribution is 5.97. The summed E-state index contributed by atoms with van der Waals surface area (Å²) in [6.07, 6.45) is 3.05. The monoisotopic (exact) mass is 460 g/mol. The number of ether oxygens (including phenoxy) is 1. The second kappa shape index (κ2) is 9.38. The second-order valence-electron chi connectivity index (χ2n) is 9.09. The first kappa shape index (κ1) is 23.0. The molecule has 2 amide bonds. The van der Waals surface area contributed by atoms with E-state index in [0.717, 1.165) is 22.0 Å². The Morgan fingerprint density at radius 3 is 2.68 bits per heavy atom. The van der Waals surface area contributed by atoms with Gasteiger partial charge in [0.15, 0.2) is 5.82 Å². The van der Waals surface area contributed by atoms with Crippen molar-refractivity contribution in [2.75, 3.05) is 5.32 Å². The number of aromatic amines is 1. The van der Waals surface area contributed by atoms with Gasteiger partial charge in [-0.05, 0) is 44.5 Å².